The van der Waals surface area contributed by atoms with Gasteiger partial charge in [-0.15, -0.1) is 0 Å². The summed E-state index contributed by atoms with van der Waals surface area (Å²) >= 11 is 0. The Bertz CT molecular complexity index is 915. The van der Waals surface area contributed by atoms with Crippen LogP contribution in [0.25, 0.3) is 0 Å². The Balaban J connectivity index is 1.93. The fourth-order valence-electron chi connectivity index (χ4n) is 3.40. The van der Waals surface area contributed by atoms with E-state index in [0.717, 1.165) is 34.0 Å². The fourth-order valence-corrected chi connectivity index (χ4v) is 3.40. The number of anilines is 2. The summed E-state index contributed by atoms with van der Waals surface area (Å²) in [5, 5.41) is 0. The molecule has 1 aliphatic heterocycles. The quantitative estimate of drug-likeness (QED) is 0.545. The molecule has 124 valence electrons. The Kier molecular flexibility index (Phi) is 3.84. The zero-order valence-electron chi connectivity index (χ0n) is 14.6. The third-order valence-corrected chi connectivity index (χ3v) is 4.64. The minimum absolute atomic E-state index is 0.212. The Morgan fingerprint density at radius 1 is 1.00 bits per heavy atom. The van der Waals surface area contributed by atoms with Crippen molar-refractivity contribution in [1.82, 2.24) is 0 Å². The van der Waals surface area contributed by atoms with Crippen LogP contribution in [0.2, 0.25) is 0 Å². The van der Waals surface area contributed by atoms with Gasteiger partial charge in [0, 0.05) is 17.1 Å². The van der Waals surface area contributed by atoms with Crippen LogP contribution < -0.4 is 24.2 Å². The number of ether oxygens (including phenoxy) is 1. The van der Waals surface area contributed by atoms with Crippen molar-refractivity contribution >= 4 is 24.0 Å². The van der Waals surface area contributed by atoms with Gasteiger partial charge in [0.15, 0.2) is 5.69 Å². The summed E-state index contributed by atoms with van der Waals surface area (Å²) < 4.78 is 14.0. The van der Waals surface area contributed by atoms with Crippen LogP contribution in [0.5, 0.6) is 11.5 Å². The van der Waals surface area contributed by atoms with Crippen molar-refractivity contribution in [2.24, 2.45) is 7.05 Å². The lowest BCUT2D eigenvalue weighted by atomic mass is 9.71. The molecule has 0 bridgehead atoms. The van der Waals surface area contributed by atoms with Crippen molar-refractivity contribution in [1.29, 1.82) is 0 Å². The first-order chi connectivity index (χ1) is 12.2. The summed E-state index contributed by atoms with van der Waals surface area (Å²) in [7, 11) is 3.53. The van der Waals surface area contributed by atoms with Crippen molar-refractivity contribution in [3.63, 3.8) is 0 Å². The van der Waals surface area contributed by atoms with Crippen LogP contribution in [0.1, 0.15) is 5.56 Å². The number of nitrogens with zero attached hydrogens (tertiary/aromatic N) is 2. The van der Waals surface area contributed by atoms with E-state index in [1.807, 2.05) is 55.7 Å². The summed E-state index contributed by atoms with van der Waals surface area (Å²) in [5.41, 5.74) is 3.23. The second-order valence-corrected chi connectivity index (χ2v) is 6.16. The Morgan fingerprint density at radius 2 is 1.76 bits per heavy atom. The molecule has 0 radical (unpaired) electrons. The first kappa shape index (κ1) is 15.6. The highest BCUT2D eigenvalue weighted by atomic mass is 16.5. The Morgan fingerprint density at radius 3 is 2.48 bits per heavy atom. The van der Waals surface area contributed by atoms with Crippen LogP contribution in [0, 0.1) is 6.92 Å². The van der Waals surface area contributed by atoms with E-state index in [2.05, 4.69) is 34.5 Å². The molecule has 0 saturated heterocycles. The summed E-state index contributed by atoms with van der Waals surface area (Å²) in [6, 6.07) is 20.4. The van der Waals surface area contributed by atoms with Crippen molar-refractivity contribution in [2.45, 2.75) is 6.92 Å². The molecule has 4 rings (SSSR count). The van der Waals surface area contributed by atoms with Gasteiger partial charge in [-0.3, -0.25) is 0 Å². The predicted octanol–water partition coefficient (Wildman–Crippen LogP) is 2.75. The van der Waals surface area contributed by atoms with Crippen molar-refractivity contribution < 1.29 is 14.0 Å². The molecule has 1 aromatic heterocycles. The van der Waals surface area contributed by atoms with Gasteiger partial charge in [-0.1, -0.05) is 36.4 Å². The summed E-state index contributed by atoms with van der Waals surface area (Å²) in [4.78, 5) is 2.24. The molecule has 4 nitrogen and oxygen atoms in total. The number of hydrogen-bond acceptors (Lipinski definition) is 3. The number of aryl methyl sites for hydroxylation is 1. The van der Waals surface area contributed by atoms with E-state index >= 15 is 0 Å². The monoisotopic (exact) mass is 331 g/mol. The molecule has 0 amide bonds. The van der Waals surface area contributed by atoms with Gasteiger partial charge in [0.2, 0.25) is 0 Å². The predicted molar refractivity (Wildman–Crippen MR) is 99.9 cm³/mol. The number of rotatable bonds is 3. The highest BCUT2D eigenvalue weighted by Crippen LogP contribution is 2.45. The van der Waals surface area contributed by atoms with Gasteiger partial charge in [-0.2, -0.15) is 0 Å². The molecule has 0 N–H and O–H groups in total. The molecular weight excluding hydrogens is 311 g/mol. The maximum atomic E-state index is 6.35. The molecule has 0 unspecified atom stereocenters. The van der Waals surface area contributed by atoms with E-state index in [9.17, 15) is 0 Å². The normalized spacial score (nSPS) is 12.8. The molecule has 2 aromatic carbocycles. The number of methoxy groups -OCH3 is 1. The van der Waals surface area contributed by atoms with E-state index in [-0.39, 0.29) is 7.05 Å². The molecule has 0 saturated carbocycles. The molecule has 0 atom stereocenters. The smallest absolute Gasteiger partial charge is 0.514 e. The first-order valence-corrected chi connectivity index (χ1v) is 8.34. The van der Waals surface area contributed by atoms with E-state index in [0.29, 0.717) is 0 Å². The Hall–Kier alpha value is -2.95. The molecule has 2 heterocycles. The maximum absolute atomic E-state index is 6.35. The van der Waals surface area contributed by atoms with Crippen LogP contribution in [-0.2, 0) is 7.05 Å². The van der Waals surface area contributed by atoms with Gasteiger partial charge < -0.3 is 9.39 Å². The Labute approximate surface area is 148 Å². The zero-order valence-corrected chi connectivity index (χ0v) is 14.6. The molecule has 3 aromatic rings. The number of benzene rings is 2. The lowest BCUT2D eigenvalue weighted by Crippen LogP contribution is -2.51. The molecule has 25 heavy (non-hydrogen) atoms. The third kappa shape index (κ3) is 2.52. The number of hydrogen-bond donors (Lipinski definition) is 0. The minimum atomic E-state index is -0.212. The molecule has 0 aliphatic carbocycles. The molecule has 1 aliphatic rings. The van der Waals surface area contributed by atoms with Gasteiger partial charge >= 0.3 is 7.05 Å². The first-order valence-electron chi connectivity index (χ1n) is 8.34. The number of aromatic nitrogens is 1. The lowest BCUT2D eigenvalue weighted by molar-refractivity contribution is -0.658. The SMILES string of the molecule is COc1ccc2c(c1C)N(c1cccc[n+]1C)B(c1ccccc1)O2. The third-order valence-electron chi connectivity index (χ3n) is 4.64. The maximum Gasteiger partial charge on any atom is 0.647 e. The van der Waals surface area contributed by atoms with Crippen molar-refractivity contribution in [2.75, 3.05) is 11.9 Å². The summed E-state index contributed by atoms with van der Waals surface area (Å²) in [6.45, 7) is 2.07. The molecule has 0 fully saturated rings. The minimum Gasteiger partial charge on any atom is -0.514 e. The van der Waals surface area contributed by atoms with Crippen molar-refractivity contribution in [3.05, 3.63) is 72.4 Å². The number of pyridine rings is 1. The lowest BCUT2D eigenvalue weighted by Gasteiger charge is -2.18. The van der Waals surface area contributed by atoms with Crippen LogP contribution >= 0.6 is 0 Å². The topological polar surface area (TPSA) is 25.6 Å². The molecule has 0 spiro atoms. The van der Waals surface area contributed by atoms with Crippen LogP contribution in [0.3, 0.4) is 0 Å². The highest BCUT2D eigenvalue weighted by Gasteiger charge is 2.49. The van der Waals surface area contributed by atoms with E-state index in [4.69, 9.17) is 9.39 Å². The highest BCUT2D eigenvalue weighted by molar-refractivity contribution is 6.74. The van der Waals surface area contributed by atoms with E-state index in [1.165, 1.54) is 0 Å². The van der Waals surface area contributed by atoms with Gasteiger partial charge in [0.25, 0.3) is 5.82 Å². The standard InChI is InChI=1S/C20H20BN2O2/c1-15-17(24-3)12-13-18-20(15)23(19-11-7-8-14-22(19)2)21(25-18)16-9-5-4-6-10-16/h4-14H,1-3H3/q+1. The van der Waals surface area contributed by atoms with Crippen molar-refractivity contribution in [3.8, 4) is 11.5 Å². The average Bonchev–Trinajstić information content (AvgIpc) is 3.03. The second kappa shape index (κ2) is 6.17. The molecular formula is C20H20BN2O2+. The summed E-state index contributed by atoms with van der Waals surface area (Å²) in [5.74, 6) is 2.79. The van der Waals surface area contributed by atoms with Gasteiger partial charge in [0.1, 0.15) is 11.5 Å². The summed E-state index contributed by atoms with van der Waals surface area (Å²) in [6.07, 6.45) is 2.05. The average molecular weight is 331 g/mol. The van der Waals surface area contributed by atoms with Gasteiger partial charge in [0.05, 0.1) is 20.4 Å². The van der Waals surface area contributed by atoms with Crippen LogP contribution in [-0.4, -0.2) is 14.2 Å². The van der Waals surface area contributed by atoms with E-state index < -0.39 is 0 Å². The van der Waals surface area contributed by atoms with Gasteiger partial charge in [-0.25, -0.2) is 9.38 Å². The van der Waals surface area contributed by atoms with Gasteiger partial charge in [-0.05, 0) is 25.1 Å². The fraction of sp³-hybridized carbons (Fsp3) is 0.150. The number of fused-ring (bicyclic) bond motifs is 1. The van der Waals surface area contributed by atoms with Crippen LogP contribution in [0.4, 0.5) is 11.5 Å². The second-order valence-electron chi connectivity index (χ2n) is 6.16. The zero-order chi connectivity index (χ0) is 17.4. The molecule has 5 heteroatoms. The van der Waals surface area contributed by atoms with Crippen LogP contribution in [0.15, 0.2) is 66.9 Å². The largest absolute Gasteiger partial charge is 0.647 e. The van der Waals surface area contributed by atoms with E-state index in [1.54, 1.807) is 7.11 Å².